The summed E-state index contributed by atoms with van der Waals surface area (Å²) in [5.41, 5.74) is 1.12. The molecule has 0 amide bonds. The van der Waals surface area contributed by atoms with Crippen LogP contribution in [0, 0.1) is 13.8 Å². The standard InChI is InChI=1S/C13H18N2O2S/c1-5-10-14-12-11(8(2)9(3)18-12)13(16)15(10)6-7-17-4/h5-7H2,1-4H3. The van der Waals surface area contributed by atoms with Crippen LogP contribution < -0.4 is 5.56 Å². The van der Waals surface area contributed by atoms with Crippen LogP contribution in [0.25, 0.3) is 10.2 Å². The lowest BCUT2D eigenvalue weighted by atomic mass is 10.2. The average molecular weight is 266 g/mol. The molecule has 0 aliphatic rings. The molecule has 0 bridgehead atoms. The van der Waals surface area contributed by atoms with Crippen LogP contribution >= 0.6 is 11.3 Å². The second kappa shape index (κ2) is 5.20. The molecule has 0 aromatic carbocycles. The predicted molar refractivity (Wildman–Crippen MR) is 74.6 cm³/mol. The Morgan fingerprint density at radius 1 is 1.39 bits per heavy atom. The van der Waals surface area contributed by atoms with E-state index in [0.29, 0.717) is 13.2 Å². The van der Waals surface area contributed by atoms with Gasteiger partial charge in [-0.1, -0.05) is 6.92 Å². The Kier molecular flexibility index (Phi) is 3.82. The molecule has 2 heterocycles. The van der Waals surface area contributed by atoms with E-state index in [-0.39, 0.29) is 5.56 Å². The van der Waals surface area contributed by atoms with Crippen molar-refractivity contribution in [3.05, 3.63) is 26.6 Å². The zero-order valence-corrected chi connectivity index (χ0v) is 12.1. The number of aryl methyl sites for hydroxylation is 3. The predicted octanol–water partition coefficient (Wildman–Crippen LogP) is 2.28. The highest BCUT2D eigenvalue weighted by Gasteiger charge is 2.15. The van der Waals surface area contributed by atoms with Crippen molar-refractivity contribution in [1.82, 2.24) is 9.55 Å². The topological polar surface area (TPSA) is 44.1 Å². The van der Waals surface area contributed by atoms with Gasteiger partial charge in [-0.05, 0) is 19.4 Å². The molecule has 0 aliphatic heterocycles. The summed E-state index contributed by atoms with van der Waals surface area (Å²) in [6.45, 7) is 7.14. The Bertz CT molecular complexity index is 628. The van der Waals surface area contributed by atoms with E-state index in [1.807, 2.05) is 20.8 Å². The van der Waals surface area contributed by atoms with Crippen LogP contribution in [0.3, 0.4) is 0 Å². The minimum atomic E-state index is 0.0655. The molecule has 0 saturated carbocycles. The van der Waals surface area contributed by atoms with Gasteiger partial charge in [0.1, 0.15) is 10.7 Å². The zero-order chi connectivity index (χ0) is 13.3. The molecule has 98 valence electrons. The number of methoxy groups -OCH3 is 1. The largest absolute Gasteiger partial charge is 0.383 e. The minimum Gasteiger partial charge on any atom is -0.383 e. The molecule has 0 aliphatic carbocycles. The Balaban J connectivity index is 2.71. The van der Waals surface area contributed by atoms with Gasteiger partial charge in [-0.3, -0.25) is 9.36 Å². The molecule has 5 heteroatoms. The van der Waals surface area contributed by atoms with Crippen LogP contribution in [-0.2, 0) is 17.7 Å². The molecular formula is C13H18N2O2S. The third-order valence-electron chi connectivity index (χ3n) is 3.20. The highest BCUT2D eigenvalue weighted by atomic mass is 32.1. The summed E-state index contributed by atoms with van der Waals surface area (Å²) in [5, 5.41) is 0.769. The molecule has 0 radical (unpaired) electrons. The van der Waals surface area contributed by atoms with Gasteiger partial charge in [-0.2, -0.15) is 0 Å². The first-order chi connectivity index (χ1) is 8.60. The fourth-order valence-corrected chi connectivity index (χ4v) is 3.09. The van der Waals surface area contributed by atoms with Crippen LogP contribution in [0.5, 0.6) is 0 Å². The van der Waals surface area contributed by atoms with E-state index in [9.17, 15) is 4.79 Å². The Hall–Kier alpha value is -1.20. The maximum absolute atomic E-state index is 12.5. The molecular weight excluding hydrogens is 248 g/mol. The van der Waals surface area contributed by atoms with E-state index in [4.69, 9.17) is 4.74 Å². The smallest absolute Gasteiger partial charge is 0.262 e. The van der Waals surface area contributed by atoms with E-state index >= 15 is 0 Å². The number of rotatable bonds is 4. The quantitative estimate of drug-likeness (QED) is 0.852. The van der Waals surface area contributed by atoms with Gasteiger partial charge in [-0.15, -0.1) is 11.3 Å². The van der Waals surface area contributed by atoms with Crippen molar-refractivity contribution in [3.8, 4) is 0 Å². The normalized spacial score (nSPS) is 11.3. The van der Waals surface area contributed by atoms with E-state index in [1.165, 1.54) is 4.88 Å². The van der Waals surface area contributed by atoms with Gasteiger partial charge >= 0.3 is 0 Å². The first kappa shape index (κ1) is 13.2. The molecule has 2 aromatic heterocycles. The number of hydrogen-bond acceptors (Lipinski definition) is 4. The third-order valence-corrected chi connectivity index (χ3v) is 4.30. The molecule has 0 unspecified atom stereocenters. The van der Waals surface area contributed by atoms with E-state index < -0.39 is 0 Å². The first-order valence-corrected chi connectivity index (χ1v) is 6.90. The third kappa shape index (κ3) is 2.08. The fraction of sp³-hybridized carbons (Fsp3) is 0.538. The van der Waals surface area contributed by atoms with Crippen molar-refractivity contribution in [1.29, 1.82) is 0 Å². The number of fused-ring (bicyclic) bond motifs is 1. The lowest BCUT2D eigenvalue weighted by Crippen LogP contribution is -2.26. The van der Waals surface area contributed by atoms with Crippen molar-refractivity contribution >= 4 is 21.6 Å². The average Bonchev–Trinajstić information content (AvgIpc) is 2.64. The lowest BCUT2D eigenvalue weighted by molar-refractivity contribution is 0.185. The second-order valence-corrected chi connectivity index (χ2v) is 5.50. The van der Waals surface area contributed by atoms with Crippen molar-refractivity contribution in [2.24, 2.45) is 0 Å². The summed E-state index contributed by atoms with van der Waals surface area (Å²) in [6, 6.07) is 0. The van der Waals surface area contributed by atoms with Crippen molar-refractivity contribution in [2.75, 3.05) is 13.7 Å². The minimum absolute atomic E-state index is 0.0655. The molecule has 0 N–H and O–H groups in total. The monoisotopic (exact) mass is 266 g/mol. The first-order valence-electron chi connectivity index (χ1n) is 6.08. The van der Waals surface area contributed by atoms with Gasteiger partial charge in [-0.25, -0.2) is 4.98 Å². The zero-order valence-electron chi connectivity index (χ0n) is 11.2. The van der Waals surface area contributed by atoms with Crippen LogP contribution in [0.2, 0.25) is 0 Å². The number of thiophene rings is 1. The summed E-state index contributed by atoms with van der Waals surface area (Å²) >= 11 is 1.60. The van der Waals surface area contributed by atoms with Gasteiger partial charge in [0.2, 0.25) is 0 Å². The van der Waals surface area contributed by atoms with E-state index in [1.54, 1.807) is 23.0 Å². The van der Waals surface area contributed by atoms with Crippen LogP contribution in [-0.4, -0.2) is 23.3 Å². The molecule has 0 saturated heterocycles. The van der Waals surface area contributed by atoms with Gasteiger partial charge < -0.3 is 4.74 Å². The molecule has 2 aromatic rings. The number of nitrogens with zero attached hydrogens (tertiary/aromatic N) is 2. The van der Waals surface area contributed by atoms with Gasteiger partial charge in [0.15, 0.2) is 0 Å². The number of ether oxygens (including phenoxy) is 1. The highest BCUT2D eigenvalue weighted by Crippen LogP contribution is 2.26. The van der Waals surface area contributed by atoms with Crippen molar-refractivity contribution in [2.45, 2.75) is 33.7 Å². The SMILES string of the molecule is CCc1nc2sc(C)c(C)c2c(=O)n1CCOC. The van der Waals surface area contributed by atoms with Crippen molar-refractivity contribution < 1.29 is 4.74 Å². The molecule has 2 rings (SSSR count). The number of hydrogen-bond donors (Lipinski definition) is 0. The summed E-state index contributed by atoms with van der Waals surface area (Å²) in [5.74, 6) is 0.839. The van der Waals surface area contributed by atoms with Crippen LogP contribution in [0.1, 0.15) is 23.2 Å². The van der Waals surface area contributed by atoms with Gasteiger partial charge in [0, 0.05) is 18.4 Å². The number of aromatic nitrogens is 2. The fourth-order valence-electron chi connectivity index (χ4n) is 2.05. The highest BCUT2D eigenvalue weighted by molar-refractivity contribution is 7.18. The molecule has 0 spiro atoms. The van der Waals surface area contributed by atoms with Crippen molar-refractivity contribution in [3.63, 3.8) is 0 Å². The second-order valence-electron chi connectivity index (χ2n) is 4.29. The maximum atomic E-state index is 12.5. The lowest BCUT2D eigenvalue weighted by Gasteiger charge is -2.10. The Morgan fingerprint density at radius 2 is 2.11 bits per heavy atom. The van der Waals surface area contributed by atoms with E-state index in [0.717, 1.165) is 28.0 Å². The Labute approximate surface area is 110 Å². The Morgan fingerprint density at radius 3 is 2.72 bits per heavy atom. The van der Waals surface area contributed by atoms with Crippen LogP contribution in [0.4, 0.5) is 0 Å². The summed E-state index contributed by atoms with van der Waals surface area (Å²) in [6.07, 6.45) is 0.755. The van der Waals surface area contributed by atoms with Gasteiger partial charge in [0.05, 0.1) is 18.5 Å². The van der Waals surface area contributed by atoms with Crippen LogP contribution in [0.15, 0.2) is 4.79 Å². The molecule has 0 fully saturated rings. The summed E-state index contributed by atoms with van der Waals surface area (Å²) < 4.78 is 6.80. The molecule has 4 nitrogen and oxygen atoms in total. The summed E-state index contributed by atoms with van der Waals surface area (Å²) in [4.78, 5) is 19.2. The maximum Gasteiger partial charge on any atom is 0.262 e. The van der Waals surface area contributed by atoms with E-state index in [2.05, 4.69) is 4.98 Å². The summed E-state index contributed by atoms with van der Waals surface area (Å²) in [7, 11) is 1.64. The molecule has 0 atom stereocenters. The van der Waals surface area contributed by atoms with Gasteiger partial charge in [0.25, 0.3) is 5.56 Å². The molecule has 18 heavy (non-hydrogen) atoms.